The van der Waals surface area contributed by atoms with E-state index in [1.165, 1.54) is 52.4 Å². The maximum absolute atomic E-state index is 15.3. The molecule has 0 aliphatic rings. The Bertz CT molecular complexity index is 1920. The smallest absolute Gasteiger partial charge is 0.433 e. The molecule has 1 atom stereocenters. The number of alkyl halides is 3. The molecule has 6 rings (SSSR count). The molecular weight excluding hydrogens is 592 g/mol. The van der Waals surface area contributed by atoms with Gasteiger partial charge in [-0.25, -0.2) is 4.39 Å². The van der Waals surface area contributed by atoms with Crippen molar-refractivity contribution in [1.29, 1.82) is 0 Å². The zero-order chi connectivity index (χ0) is 30.3. The first kappa shape index (κ1) is 28.0. The molecule has 5 aromatic heterocycles. The van der Waals surface area contributed by atoms with Crippen molar-refractivity contribution in [2.45, 2.75) is 18.6 Å². The quantitative estimate of drug-likeness (QED) is 0.147. The summed E-state index contributed by atoms with van der Waals surface area (Å²) in [5, 5.41) is 33.0. The number of nitrogens with zero attached hydrogens (tertiary/aromatic N) is 10. The summed E-state index contributed by atoms with van der Waals surface area (Å²) in [4.78, 5) is 3.41. The van der Waals surface area contributed by atoms with Crippen LogP contribution in [0.25, 0.3) is 27.9 Å². The lowest BCUT2D eigenvalue weighted by molar-refractivity contribution is -0.615. The summed E-state index contributed by atoms with van der Waals surface area (Å²) in [6.45, 7) is 0. The molecule has 16 heteroatoms. The molecule has 6 aromatic rings. The van der Waals surface area contributed by atoms with E-state index >= 15 is 4.39 Å². The molecule has 0 fully saturated rings. The standard InChI is InChI=1S/C27H19ClF4N10O/c1-39-12-16(10-35-39)8-23(40-13-19(11-36-40)17-6-7-33-24(9-17)27(30,31)32)21-4-2-18(14-42(21)43)25-22(41-15-34-37-38-41)5-3-20(28)26(25)29/h2-7,9-15,23H,8H2,1H3. The molecule has 0 aliphatic carbocycles. The van der Waals surface area contributed by atoms with Gasteiger partial charge in [0.1, 0.15) is 18.1 Å². The van der Waals surface area contributed by atoms with E-state index in [1.54, 1.807) is 36.4 Å². The molecule has 0 aliphatic heterocycles. The first-order chi connectivity index (χ1) is 20.6. The predicted octanol–water partition coefficient (Wildman–Crippen LogP) is 4.60. The number of rotatable bonds is 7. The lowest BCUT2D eigenvalue weighted by atomic mass is 10.0. The van der Waals surface area contributed by atoms with Crippen molar-refractivity contribution in [3.8, 4) is 27.9 Å². The molecule has 11 nitrogen and oxygen atoms in total. The van der Waals surface area contributed by atoms with E-state index in [0.717, 1.165) is 17.8 Å². The van der Waals surface area contributed by atoms with Gasteiger partial charge in [0.25, 0.3) is 0 Å². The third-order valence-electron chi connectivity index (χ3n) is 6.74. The van der Waals surface area contributed by atoms with Crippen LogP contribution in [0.4, 0.5) is 17.6 Å². The molecule has 0 radical (unpaired) electrons. The zero-order valence-electron chi connectivity index (χ0n) is 22.1. The van der Waals surface area contributed by atoms with Gasteiger partial charge in [-0.15, -0.1) is 5.10 Å². The minimum Gasteiger partial charge on any atom is -0.618 e. The number of aryl methyl sites for hydroxylation is 1. The number of pyridine rings is 2. The average Bonchev–Trinajstić information content (AvgIpc) is 3.76. The summed E-state index contributed by atoms with van der Waals surface area (Å²) < 4.78 is 60.1. The first-order valence-corrected chi connectivity index (χ1v) is 13.0. The molecule has 1 unspecified atom stereocenters. The normalized spacial score (nSPS) is 12.5. The van der Waals surface area contributed by atoms with E-state index in [0.29, 0.717) is 10.3 Å². The second-order valence-electron chi connectivity index (χ2n) is 9.56. The highest BCUT2D eigenvalue weighted by Gasteiger charge is 2.33. The fourth-order valence-corrected chi connectivity index (χ4v) is 4.89. The van der Waals surface area contributed by atoms with Gasteiger partial charge in [-0.1, -0.05) is 11.6 Å². The number of benzene rings is 1. The third kappa shape index (κ3) is 5.53. The molecule has 43 heavy (non-hydrogen) atoms. The van der Waals surface area contributed by atoms with Crippen molar-refractivity contribution in [3.63, 3.8) is 0 Å². The summed E-state index contributed by atoms with van der Waals surface area (Å²) >= 11 is 6.07. The maximum atomic E-state index is 15.3. The van der Waals surface area contributed by atoms with Gasteiger partial charge in [0, 0.05) is 43.7 Å². The number of tetrazole rings is 1. The van der Waals surface area contributed by atoms with Gasteiger partial charge in [0.15, 0.2) is 12.0 Å². The molecule has 1 aromatic carbocycles. The Morgan fingerprint density at radius 2 is 1.86 bits per heavy atom. The molecule has 0 saturated carbocycles. The minimum absolute atomic E-state index is 0.0132. The van der Waals surface area contributed by atoms with Crippen molar-refractivity contribution in [3.05, 3.63) is 113 Å². The number of hydrogen-bond donors (Lipinski definition) is 0. The lowest BCUT2D eigenvalue weighted by Gasteiger charge is -2.18. The number of aromatic nitrogens is 10. The van der Waals surface area contributed by atoms with E-state index in [4.69, 9.17) is 11.6 Å². The largest absolute Gasteiger partial charge is 0.618 e. The maximum Gasteiger partial charge on any atom is 0.433 e. The summed E-state index contributed by atoms with van der Waals surface area (Å²) in [5.74, 6) is -0.762. The Kier molecular flexibility index (Phi) is 7.09. The van der Waals surface area contributed by atoms with Gasteiger partial charge in [-0.3, -0.25) is 14.3 Å². The van der Waals surface area contributed by atoms with Crippen molar-refractivity contribution in [2.24, 2.45) is 7.05 Å². The molecule has 0 saturated heterocycles. The summed E-state index contributed by atoms with van der Waals surface area (Å²) in [6.07, 6.45) is 5.60. The highest BCUT2D eigenvalue weighted by molar-refractivity contribution is 6.31. The summed E-state index contributed by atoms with van der Waals surface area (Å²) in [7, 11) is 1.75. The average molecular weight is 611 g/mol. The van der Waals surface area contributed by atoms with E-state index in [-0.39, 0.29) is 39.5 Å². The van der Waals surface area contributed by atoms with Crippen molar-refractivity contribution in [2.75, 3.05) is 0 Å². The Morgan fingerprint density at radius 1 is 1.02 bits per heavy atom. The first-order valence-electron chi connectivity index (χ1n) is 12.6. The van der Waals surface area contributed by atoms with Crippen LogP contribution in [0.2, 0.25) is 5.02 Å². The molecular formula is C27H19ClF4N10O. The highest BCUT2D eigenvalue weighted by atomic mass is 35.5. The molecule has 0 spiro atoms. The lowest BCUT2D eigenvalue weighted by Crippen LogP contribution is -2.36. The minimum atomic E-state index is -4.61. The van der Waals surface area contributed by atoms with Crippen molar-refractivity contribution >= 4 is 11.6 Å². The predicted molar refractivity (Wildman–Crippen MR) is 144 cm³/mol. The van der Waals surface area contributed by atoms with Gasteiger partial charge >= 0.3 is 6.18 Å². The van der Waals surface area contributed by atoms with Crippen LogP contribution in [0.15, 0.2) is 79.9 Å². The topological polar surface area (TPSA) is 119 Å². The van der Waals surface area contributed by atoms with E-state index < -0.39 is 23.7 Å². The molecule has 0 bridgehead atoms. The molecule has 5 heterocycles. The van der Waals surface area contributed by atoms with E-state index in [1.807, 2.05) is 0 Å². The van der Waals surface area contributed by atoms with Crippen molar-refractivity contribution < 1.29 is 22.3 Å². The van der Waals surface area contributed by atoms with Gasteiger partial charge in [0.05, 0.1) is 34.2 Å². The van der Waals surface area contributed by atoms with Crippen LogP contribution >= 0.6 is 11.6 Å². The van der Waals surface area contributed by atoms with Gasteiger partial charge in [-0.05, 0) is 51.9 Å². The van der Waals surface area contributed by atoms with Crippen LogP contribution in [-0.2, 0) is 19.6 Å². The van der Waals surface area contributed by atoms with Gasteiger partial charge < -0.3 is 5.21 Å². The second kappa shape index (κ2) is 10.9. The van der Waals surface area contributed by atoms with E-state index in [2.05, 4.69) is 30.7 Å². The second-order valence-corrected chi connectivity index (χ2v) is 9.96. The molecule has 0 amide bonds. The van der Waals surface area contributed by atoms with Crippen LogP contribution in [0.5, 0.6) is 0 Å². The SMILES string of the molecule is Cn1cc(CC(c2ccc(-c3c(-n4cnnn4)ccc(Cl)c3F)c[n+]2[O-])n2cc(-c3ccnc(C(F)(F)F)c3)cn2)cn1. The Morgan fingerprint density at radius 3 is 2.56 bits per heavy atom. The fraction of sp³-hybridized carbons (Fsp3) is 0.148. The third-order valence-corrected chi connectivity index (χ3v) is 7.03. The van der Waals surface area contributed by atoms with Crippen LogP contribution < -0.4 is 4.73 Å². The summed E-state index contributed by atoms with van der Waals surface area (Å²) in [5.41, 5.74) is 1.11. The van der Waals surface area contributed by atoms with Crippen LogP contribution in [0.3, 0.4) is 0 Å². The Balaban J connectivity index is 1.42. The van der Waals surface area contributed by atoms with Crippen LogP contribution in [0.1, 0.15) is 23.0 Å². The van der Waals surface area contributed by atoms with Gasteiger partial charge in [0.2, 0.25) is 5.69 Å². The number of hydrogen-bond acceptors (Lipinski definition) is 7. The number of halogens is 5. The Hall–Kier alpha value is -5.18. The Labute approximate surface area is 245 Å². The fourth-order valence-electron chi connectivity index (χ4n) is 4.73. The van der Waals surface area contributed by atoms with Crippen LogP contribution in [-0.4, -0.2) is 44.8 Å². The summed E-state index contributed by atoms with van der Waals surface area (Å²) in [6, 6.07) is 7.64. The monoisotopic (exact) mass is 610 g/mol. The van der Waals surface area contributed by atoms with Crippen molar-refractivity contribution in [1.82, 2.24) is 44.8 Å². The van der Waals surface area contributed by atoms with E-state index in [9.17, 15) is 18.4 Å². The van der Waals surface area contributed by atoms with Crippen LogP contribution in [0, 0.1) is 11.0 Å². The molecule has 218 valence electrons. The zero-order valence-corrected chi connectivity index (χ0v) is 22.8. The highest BCUT2D eigenvalue weighted by Crippen LogP contribution is 2.34. The molecule has 0 N–H and O–H groups in total. The van der Waals surface area contributed by atoms with Gasteiger partial charge in [-0.2, -0.15) is 32.8 Å².